The second-order valence-electron chi connectivity index (χ2n) is 7.82. The zero-order chi connectivity index (χ0) is 20.0. The highest BCUT2D eigenvalue weighted by Crippen LogP contribution is 2.53. The summed E-state index contributed by atoms with van der Waals surface area (Å²) in [6.07, 6.45) is 3.75. The number of amides is 2. The van der Waals surface area contributed by atoms with Crippen molar-refractivity contribution >= 4 is 11.8 Å². The van der Waals surface area contributed by atoms with E-state index in [4.69, 9.17) is 5.73 Å². The van der Waals surface area contributed by atoms with Gasteiger partial charge >= 0.3 is 0 Å². The molecule has 2 aliphatic rings. The standard InChI is InChI=1S/C22H21N5O2/c23-20(28)17-8-4-7-16-18(17)12-22(9-10-24-21(22)29)19(16)11-14-13-27(26-25-14)15-5-2-1-3-6-15/h1-8,13,19H,9-12H2,(H2,23,28)(H,24,29). The van der Waals surface area contributed by atoms with Crippen LogP contribution in [0.5, 0.6) is 0 Å². The monoisotopic (exact) mass is 387 g/mol. The quantitative estimate of drug-likeness (QED) is 0.712. The topological polar surface area (TPSA) is 103 Å². The van der Waals surface area contributed by atoms with Crippen molar-refractivity contribution in [1.29, 1.82) is 0 Å². The first kappa shape index (κ1) is 17.6. The van der Waals surface area contributed by atoms with Gasteiger partial charge in [-0.1, -0.05) is 35.5 Å². The molecule has 2 unspecified atom stereocenters. The molecular weight excluding hydrogens is 366 g/mol. The molecule has 1 spiro atoms. The first-order chi connectivity index (χ1) is 14.1. The molecule has 1 aromatic heterocycles. The summed E-state index contributed by atoms with van der Waals surface area (Å²) in [7, 11) is 0. The Kier molecular flexibility index (Phi) is 3.97. The van der Waals surface area contributed by atoms with E-state index in [1.165, 1.54) is 0 Å². The second kappa shape index (κ2) is 6.55. The lowest BCUT2D eigenvalue weighted by atomic mass is 9.73. The number of carbonyl (C=O) groups excluding carboxylic acids is 2. The van der Waals surface area contributed by atoms with Crippen molar-refractivity contribution in [2.75, 3.05) is 6.54 Å². The molecule has 0 radical (unpaired) electrons. The Hall–Kier alpha value is -3.48. The average molecular weight is 387 g/mol. The number of hydrogen-bond acceptors (Lipinski definition) is 4. The molecule has 2 amide bonds. The van der Waals surface area contributed by atoms with Gasteiger partial charge in [0.25, 0.3) is 0 Å². The number of nitrogens with zero attached hydrogens (tertiary/aromatic N) is 3. The number of para-hydroxylation sites is 1. The summed E-state index contributed by atoms with van der Waals surface area (Å²) >= 11 is 0. The van der Waals surface area contributed by atoms with Gasteiger partial charge in [-0.25, -0.2) is 4.68 Å². The molecule has 7 nitrogen and oxygen atoms in total. The number of fused-ring (bicyclic) bond motifs is 1. The Morgan fingerprint density at radius 3 is 2.76 bits per heavy atom. The van der Waals surface area contributed by atoms with Crippen LogP contribution in [0.25, 0.3) is 5.69 Å². The first-order valence-corrected chi connectivity index (χ1v) is 9.75. The summed E-state index contributed by atoms with van der Waals surface area (Å²) in [6.45, 7) is 0.645. The van der Waals surface area contributed by atoms with Crippen LogP contribution in [-0.4, -0.2) is 33.4 Å². The number of carbonyl (C=O) groups is 2. The molecule has 2 heterocycles. The van der Waals surface area contributed by atoms with E-state index >= 15 is 0 Å². The fraction of sp³-hybridized carbons (Fsp3) is 0.273. The molecule has 0 saturated carbocycles. The minimum atomic E-state index is -0.565. The summed E-state index contributed by atoms with van der Waals surface area (Å²) in [5.74, 6) is -0.476. The molecule has 2 atom stereocenters. The molecule has 7 heteroatoms. The summed E-state index contributed by atoms with van der Waals surface area (Å²) in [4.78, 5) is 24.9. The number of aromatic nitrogens is 3. The van der Waals surface area contributed by atoms with Crippen molar-refractivity contribution in [2.24, 2.45) is 11.1 Å². The number of hydrogen-bond donors (Lipinski definition) is 2. The van der Waals surface area contributed by atoms with Crippen LogP contribution in [0.4, 0.5) is 0 Å². The molecule has 29 heavy (non-hydrogen) atoms. The van der Waals surface area contributed by atoms with E-state index in [0.29, 0.717) is 24.9 Å². The number of benzene rings is 2. The Morgan fingerprint density at radius 1 is 1.21 bits per heavy atom. The third-order valence-electron chi connectivity index (χ3n) is 6.30. The van der Waals surface area contributed by atoms with Crippen LogP contribution in [-0.2, 0) is 17.6 Å². The minimum absolute atomic E-state index is 0.0459. The van der Waals surface area contributed by atoms with Crippen LogP contribution in [0, 0.1) is 5.41 Å². The van der Waals surface area contributed by atoms with Crippen LogP contribution in [0.1, 0.15) is 39.5 Å². The first-order valence-electron chi connectivity index (χ1n) is 9.75. The van der Waals surface area contributed by atoms with Gasteiger partial charge in [0.05, 0.1) is 23.0 Å². The number of rotatable bonds is 4. The third-order valence-corrected chi connectivity index (χ3v) is 6.30. The fourth-order valence-electron chi connectivity index (χ4n) is 4.90. The molecule has 5 rings (SSSR count). The van der Waals surface area contributed by atoms with E-state index in [9.17, 15) is 9.59 Å². The summed E-state index contributed by atoms with van der Waals surface area (Å²) in [5, 5.41) is 11.6. The number of nitrogens with two attached hydrogens (primary N) is 1. The van der Waals surface area contributed by atoms with Crippen LogP contribution in [0.15, 0.2) is 54.7 Å². The van der Waals surface area contributed by atoms with E-state index in [-0.39, 0.29) is 11.8 Å². The lowest BCUT2D eigenvalue weighted by molar-refractivity contribution is -0.128. The van der Waals surface area contributed by atoms with E-state index in [2.05, 4.69) is 15.6 Å². The molecule has 146 valence electrons. The van der Waals surface area contributed by atoms with Gasteiger partial charge in [0.1, 0.15) is 0 Å². The maximum atomic E-state index is 12.9. The van der Waals surface area contributed by atoms with Gasteiger partial charge in [0.2, 0.25) is 11.8 Å². The zero-order valence-corrected chi connectivity index (χ0v) is 15.8. The van der Waals surface area contributed by atoms with Gasteiger partial charge in [-0.15, -0.1) is 5.10 Å². The largest absolute Gasteiger partial charge is 0.366 e. The van der Waals surface area contributed by atoms with Crippen LogP contribution < -0.4 is 11.1 Å². The average Bonchev–Trinajstić information content (AvgIpc) is 3.42. The summed E-state index contributed by atoms with van der Waals surface area (Å²) in [6, 6.07) is 15.4. The van der Waals surface area contributed by atoms with E-state index in [1.54, 1.807) is 10.7 Å². The Morgan fingerprint density at radius 2 is 2.03 bits per heavy atom. The van der Waals surface area contributed by atoms with Crippen molar-refractivity contribution in [3.05, 3.63) is 77.1 Å². The highest BCUT2D eigenvalue weighted by molar-refractivity contribution is 5.96. The van der Waals surface area contributed by atoms with Crippen molar-refractivity contribution in [3.63, 3.8) is 0 Å². The van der Waals surface area contributed by atoms with E-state index in [0.717, 1.165) is 28.9 Å². The predicted molar refractivity (Wildman–Crippen MR) is 107 cm³/mol. The lowest BCUT2D eigenvalue weighted by Gasteiger charge is -2.28. The van der Waals surface area contributed by atoms with Gasteiger partial charge in [-0.05, 0) is 42.2 Å². The minimum Gasteiger partial charge on any atom is -0.366 e. The Labute approximate surface area is 167 Å². The molecule has 1 fully saturated rings. The molecule has 1 aliphatic heterocycles. The molecular formula is C22H21N5O2. The summed E-state index contributed by atoms with van der Waals surface area (Å²) in [5.41, 5.74) is 9.22. The van der Waals surface area contributed by atoms with Crippen molar-refractivity contribution < 1.29 is 9.59 Å². The highest BCUT2D eigenvalue weighted by Gasteiger charge is 2.54. The Bertz CT molecular complexity index is 1110. The maximum Gasteiger partial charge on any atom is 0.248 e. The smallest absolute Gasteiger partial charge is 0.248 e. The molecule has 3 N–H and O–H groups in total. The Balaban J connectivity index is 1.55. The summed E-state index contributed by atoms with van der Waals surface area (Å²) < 4.78 is 1.74. The van der Waals surface area contributed by atoms with E-state index in [1.807, 2.05) is 48.7 Å². The molecule has 3 aromatic rings. The second-order valence-corrected chi connectivity index (χ2v) is 7.82. The van der Waals surface area contributed by atoms with Crippen molar-refractivity contribution in [2.45, 2.75) is 25.2 Å². The van der Waals surface area contributed by atoms with Crippen LogP contribution in [0.3, 0.4) is 0 Å². The molecule has 0 bridgehead atoms. The SMILES string of the molecule is NC(=O)c1cccc2c1CC1(CCNC1=O)C2Cc1cn(-c2ccccc2)nn1. The fourth-order valence-corrected chi connectivity index (χ4v) is 4.90. The normalized spacial score (nSPS) is 22.6. The molecule has 2 aromatic carbocycles. The molecule has 1 saturated heterocycles. The number of primary amides is 1. The van der Waals surface area contributed by atoms with Gasteiger partial charge in [-0.3, -0.25) is 9.59 Å². The van der Waals surface area contributed by atoms with Crippen molar-refractivity contribution in [3.8, 4) is 5.69 Å². The third kappa shape index (κ3) is 2.73. The molecule has 1 aliphatic carbocycles. The predicted octanol–water partition coefficient (Wildman–Crippen LogP) is 1.75. The van der Waals surface area contributed by atoms with Gasteiger partial charge in [-0.2, -0.15) is 0 Å². The van der Waals surface area contributed by atoms with Crippen LogP contribution in [0.2, 0.25) is 0 Å². The highest BCUT2D eigenvalue weighted by atomic mass is 16.2. The lowest BCUT2D eigenvalue weighted by Crippen LogP contribution is -2.36. The van der Waals surface area contributed by atoms with Gasteiger partial charge in [0.15, 0.2) is 0 Å². The van der Waals surface area contributed by atoms with Crippen molar-refractivity contribution in [1.82, 2.24) is 20.3 Å². The van der Waals surface area contributed by atoms with Gasteiger partial charge in [0, 0.05) is 24.4 Å². The number of nitrogens with one attached hydrogen (secondary N) is 1. The zero-order valence-electron chi connectivity index (χ0n) is 15.8. The maximum absolute atomic E-state index is 12.9. The van der Waals surface area contributed by atoms with E-state index < -0.39 is 11.3 Å². The van der Waals surface area contributed by atoms with Crippen LogP contribution >= 0.6 is 0 Å². The van der Waals surface area contributed by atoms with Gasteiger partial charge < -0.3 is 11.1 Å².